The van der Waals surface area contributed by atoms with Crippen molar-refractivity contribution in [3.63, 3.8) is 0 Å². The Morgan fingerprint density at radius 1 is 1.44 bits per heavy atom. The Kier molecular flexibility index (Phi) is 4.78. The van der Waals surface area contributed by atoms with Crippen molar-refractivity contribution in [2.75, 3.05) is 19.6 Å². The van der Waals surface area contributed by atoms with Gasteiger partial charge in [0.2, 0.25) is 0 Å². The van der Waals surface area contributed by atoms with Crippen LogP contribution in [-0.2, 0) is 0 Å². The molecule has 4 heteroatoms. The van der Waals surface area contributed by atoms with Crippen LogP contribution in [0.25, 0.3) is 0 Å². The van der Waals surface area contributed by atoms with Gasteiger partial charge < -0.3 is 10.0 Å². The molecule has 0 saturated carbocycles. The number of phenolic OH excluding ortho intramolecular Hbond substituents is 1. The zero-order valence-electron chi connectivity index (χ0n) is 10.6. The number of piperidine rings is 1. The van der Waals surface area contributed by atoms with Crippen LogP contribution < -0.4 is 0 Å². The van der Waals surface area contributed by atoms with E-state index in [4.69, 9.17) is 0 Å². The van der Waals surface area contributed by atoms with E-state index < -0.39 is 0 Å². The largest absolute Gasteiger partial charge is 0.507 e. The van der Waals surface area contributed by atoms with Gasteiger partial charge in [-0.3, -0.25) is 4.99 Å². The van der Waals surface area contributed by atoms with Crippen molar-refractivity contribution in [2.45, 2.75) is 25.8 Å². The van der Waals surface area contributed by atoms with E-state index in [9.17, 15) is 5.11 Å². The lowest BCUT2D eigenvalue weighted by molar-refractivity contribution is 0.224. The standard InChI is InChI=1S/C14H19BrN2O/c1-2-17-7-5-13(6-8-17)16-10-11-9-12(15)3-4-14(11)18/h3-4,9-10,13,18H,2,5-8H2,1H3. The zero-order chi connectivity index (χ0) is 13.0. The lowest BCUT2D eigenvalue weighted by Crippen LogP contribution is -2.35. The summed E-state index contributed by atoms with van der Waals surface area (Å²) in [6, 6.07) is 5.79. The number of aliphatic imine (C=N–C) groups is 1. The van der Waals surface area contributed by atoms with E-state index in [-0.39, 0.29) is 5.75 Å². The van der Waals surface area contributed by atoms with Gasteiger partial charge in [-0.25, -0.2) is 0 Å². The SMILES string of the molecule is CCN1CCC(N=Cc2cc(Br)ccc2O)CC1. The molecule has 0 bridgehead atoms. The number of benzene rings is 1. The third kappa shape index (κ3) is 3.56. The van der Waals surface area contributed by atoms with Gasteiger partial charge >= 0.3 is 0 Å². The zero-order valence-corrected chi connectivity index (χ0v) is 12.2. The summed E-state index contributed by atoms with van der Waals surface area (Å²) in [5.41, 5.74) is 0.780. The lowest BCUT2D eigenvalue weighted by atomic mass is 10.1. The quantitative estimate of drug-likeness (QED) is 0.871. The second-order valence-corrected chi connectivity index (χ2v) is 5.56. The molecule has 3 nitrogen and oxygen atoms in total. The van der Waals surface area contributed by atoms with Crippen LogP contribution in [0.5, 0.6) is 5.75 Å². The van der Waals surface area contributed by atoms with Gasteiger partial charge in [-0.05, 0) is 37.6 Å². The molecule has 1 aliphatic heterocycles. The summed E-state index contributed by atoms with van der Waals surface area (Å²) in [6.07, 6.45) is 4.02. The molecule has 0 aromatic heterocycles. The molecule has 1 heterocycles. The number of hydrogen-bond acceptors (Lipinski definition) is 3. The first-order chi connectivity index (χ1) is 8.69. The third-order valence-corrected chi connectivity index (χ3v) is 3.91. The van der Waals surface area contributed by atoms with Crippen molar-refractivity contribution in [1.29, 1.82) is 0 Å². The second-order valence-electron chi connectivity index (χ2n) is 4.65. The fourth-order valence-electron chi connectivity index (χ4n) is 2.20. The predicted octanol–water partition coefficient (Wildman–Crippen LogP) is 3.06. The van der Waals surface area contributed by atoms with E-state index >= 15 is 0 Å². The minimum atomic E-state index is 0.285. The van der Waals surface area contributed by atoms with Crippen LogP contribution in [0, 0.1) is 0 Å². The highest BCUT2D eigenvalue weighted by molar-refractivity contribution is 9.10. The number of aromatic hydroxyl groups is 1. The number of hydrogen-bond donors (Lipinski definition) is 1. The molecule has 1 fully saturated rings. The molecular formula is C14H19BrN2O. The fraction of sp³-hybridized carbons (Fsp3) is 0.500. The predicted molar refractivity (Wildman–Crippen MR) is 78.5 cm³/mol. The molecule has 0 amide bonds. The maximum absolute atomic E-state index is 9.72. The number of phenols is 1. The summed E-state index contributed by atoms with van der Waals surface area (Å²) < 4.78 is 0.961. The van der Waals surface area contributed by atoms with Gasteiger partial charge in [-0.2, -0.15) is 0 Å². The first-order valence-electron chi connectivity index (χ1n) is 6.43. The highest BCUT2D eigenvalue weighted by Crippen LogP contribution is 2.21. The van der Waals surface area contributed by atoms with Crippen molar-refractivity contribution in [3.8, 4) is 5.75 Å². The van der Waals surface area contributed by atoms with Gasteiger partial charge in [0.1, 0.15) is 5.75 Å². The van der Waals surface area contributed by atoms with Crippen LogP contribution >= 0.6 is 15.9 Å². The Bertz CT molecular complexity index is 426. The number of rotatable bonds is 3. The first-order valence-corrected chi connectivity index (χ1v) is 7.22. The van der Waals surface area contributed by atoms with Crippen molar-refractivity contribution < 1.29 is 5.11 Å². The Morgan fingerprint density at radius 3 is 2.83 bits per heavy atom. The van der Waals surface area contributed by atoms with E-state index in [0.717, 1.165) is 42.5 Å². The minimum Gasteiger partial charge on any atom is -0.507 e. The van der Waals surface area contributed by atoms with Gasteiger partial charge in [-0.15, -0.1) is 0 Å². The highest BCUT2D eigenvalue weighted by atomic mass is 79.9. The van der Waals surface area contributed by atoms with E-state index in [2.05, 4.69) is 32.7 Å². The van der Waals surface area contributed by atoms with Crippen LogP contribution in [0.3, 0.4) is 0 Å². The molecule has 0 atom stereocenters. The highest BCUT2D eigenvalue weighted by Gasteiger charge is 2.16. The molecule has 0 spiro atoms. The number of halogens is 1. The Balaban J connectivity index is 1.97. The summed E-state index contributed by atoms with van der Waals surface area (Å²) in [6.45, 7) is 5.58. The molecule has 1 N–H and O–H groups in total. The lowest BCUT2D eigenvalue weighted by Gasteiger charge is -2.28. The molecule has 1 saturated heterocycles. The van der Waals surface area contributed by atoms with E-state index in [1.807, 2.05) is 12.1 Å². The van der Waals surface area contributed by atoms with Gasteiger partial charge in [0.15, 0.2) is 0 Å². The van der Waals surface area contributed by atoms with Crippen molar-refractivity contribution in [2.24, 2.45) is 4.99 Å². The van der Waals surface area contributed by atoms with E-state index in [1.54, 1.807) is 12.3 Å². The van der Waals surface area contributed by atoms with Gasteiger partial charge in [0.25, 0.3) is 0 Å². The van der Waals surface area contributed by atoms with Gasteiger partial charge in [0, 0.05) is 29.3 Å². The van der Waals surface area contributed by atoms with Crippen LogP contribution in [0.2, 0.25) is 0 Å². The first kappa shape index (κ1) is 13.6. The molecule has 2 rings (SSSR count). The molecule has 0 aliphatic carbocycles. The average Bonchev–Trinajstić information content (AvgIpc) is 2.40. The normalized spacial score (nSPS) is 18.6. The summed E-state index contributed by atoms with van der Waals surface area (Å²) in [4.78, 5) is 7.04. The number of likely N-dealkylation sites (tertiary alicyclic amines) is 1. The fourth-order valence-corrected chi connectivity index (χ4v) is 2.58. The molecule has 1 aliphatic rings. The summed E-state index contributed by atoms with van der Waals surface area (Å²) >= 11 is 3.40. The third-order valence-electron chi connectivity index (χ3n) is 3.42. The topological polar surface area (TPSA) is 35.8 Å². The monoisotopic (exact) mass is 310 g/mol. The molecule has 1 aromatic rings. The maximum Gasteiger partial charge on any atom is 0.124 e. The minimum absolute atomic E-state index is 0.285. The van der Waals surface area contributed by atoms with Crippen LogP contribution in [0.4, 0.5) is 0 Å². The van der Waals surface area contributed by atoms with Gasteiger partial charge in [-0.1, -0.05) is 22.9 Å². The average molecular weight is 311 g/mol. The molecule has 98 valence electrons. The molecule has 18 heavy (non-hydrogen) atoms. The summed E-state index contributed by atoms with van der Waals surface area (Å²) in [5, 5.41) is 9.72. The molecule has 0 radical (unpaired) electrons. The van der Waals surface area contributed by atoms with Crippen LogP contribution in [0.1, 0.15) is 25.3 Å². The van der Waals surface area contributed by atoms with Crippen LogP contribution in [-0.4, -0.2) is 41.9 Å². The Hall–Kier alpha value is -0.870. The molecule has 0 unspecified atom stereocenters. The van der Waals surface area contributed by atoms with Crippen molar-refractivity contribution in [3.05, 3.63) is 28.2 Å². The molecule has 1 aromatic carbocycles. The number of nitrogens with zero attached hydrogens (tertiary/aromatic N) is 2. The van der Waals surface area contributed by atoms with Crippen molar-refractivity contribution >= 4 is 22.1 Å². The Morgan fingerprint density at radius 2 is 2.17 bits per heavy atom. The van der Waals surface area contributed by atoms with Crippen molar-refractivity contribution in [1.82, 2.24) is 4.90 Å². The maximum atomic E-state index is 9.72. The Labute approximate surface area is 117 Å². The van der Waals surface area contributed by atoms with Crippen LogP contribution in [0.15, 0.2) is 27.7 Å². The second kappa shape index (κ2) is 6.34. The molecular weight excluding hydrogens is 292 g/mol. The van der Waals surface area contributed by atoms with E-state index in [1.165, 1.54) is 0 Å². The smallest absolute Gasteiger partial charge is 0.124 e. The summed E-state index contributed by atoms with van der Waals surface area (Å²) in [7, 11) is 0. The van der Waals surface area contributed by atoms with E-state index in [0.29, 0.717) is 6.04 Å². The van der Waals surface area contributed by atoms with Gasteiger partial charge in [0.05, 0.1) is 6.04 Å². The summed E-state index contributed by atoms with van der Waals surface area (Å²) in [5.74, 6) is 0.285.